The lowest BCUT2D eigenvalue weighted by Crippen LogP contribution is -2.22. The lowest BCUT2D eigenvalue weighted by atomic mass is 9.97. The molecule has 0 aromatic carbocycles. The first-order valence-electron chi connectivity index (χ1n) is 4.91. The SMILES string of the molecule is C=CC[C@@H](OCOC)[C@@H](C)CCC=O. The molecule has 0 amide bonds. The largest absolute Gasteiger partial charge is 0.359 e. The van der Waals surface area contributed by atoms with Crippen LogP contribution in [-0.4, -0.2) is 26.3 Å². The van der Waals surface area contributed by atoms with Crippen molar-refractivity contribution in [3.05, 3.63) is 12.7 Å². The number of aldehydes is 1. The van der Waals surface area contributed by atoms with Crippen molar-refractivity contribution >= 4 is 6.29 Å². The van der Waals surface area contributed by atoms with E-state index in [1.54, 1.807) is 7.11 Å². The van der Waals surface area contributed by atoms with Gasteiger partial charge in [0.15, 0.2) is 0 Å². The molecule has 0 unspecified atom stereocenters. The molecule has 0 radical (unpaired) electrons. The third kappa shape index (κ3) is 5.89. The fourth-order valence-electron chi connectivity index (χ4n) is 1.30. The molecule has 0 N–H and O–H groups in total. The van der Waals surface area contributed by atoms with Gasteiger partial charge >= 0.3 is 0 Å². The second kappa shape index (κ2) is 8.91. The second-order valence-corrected chi connectivity index (χ2v) is 3.36. The molecule has 0 rings (SSSR count). The van der Waals surface area contributed by atoms with Gasteiger partial charge in [0.05, 0.1) is 6.10 Å². The van der Waals surface area contributed by atoms with Crippen LogP contribution in [0.2, 0.25) is 0 Å². The topological polar surface area (TPSA) is 35.5 Å². The van der Waals surface area contributed by atoms with Gasteiger partial charge in [0.2, 0.25) is 0 Å². The summed E-state index contributed by atoms with van der Waals surface area (Å²) in [6.45, 7) is 6.05. The Hall–Kier alpha value is -0.670. The van der Waals surface area contributed by atoms with Crippen LogP contribution in [0, 0.1) is 5.92 Å². The van der Waals surface area contributed by atoms with E-state index in [2.05, 4.69) is 13.5 Å². The van der Waals surface area contributed by atoms with Gasteiger partial charge in [-0.3, -0.25) is 0 Å². The van der Waals surface area contributed by atoms with Gasteiger partial charge in [0, 0.05) is 13.5 Å². The van der Waals surface area contributed by atoms with Gasteiger partial charge in [-0.05, 0) is 18.8 Å². The van der Waals surface area contributed by atoms with Gasteiger partial charge in [-0.2, -0.15) is 0 Å². The molecule has 3 heteroatoms. The standard InChI is InChI=1S/C11H20O3/c1-4-6-11(14-9-13-3)10(2)7-5-8-12/h4,8,10-11H,1,5-7,9H2,2-3H3/t10-,11+/m0/s1. The number of hydrogen-bond acceptors (Lipinski definition) is 3. The number of rotatable bonds is 9. The molecule has 0 spiro atoms. The lowest BCUT2D eigenvalue weighted by Gasteiger charge is -2.22. The highest BCUT2D eigenvalue weighted by Crippen LogP contribution is 2.16. The van der Waals surface area contributed by atoms with Crippen molar-refractivity contribution in [3.63, 3.8) is 0 Å². The Balaban J connectivity index is 3.88. The van der Waals surface area contributed by atoms with E-state index in [4.69, 9.17) is 9.47 Å². The number of ether oxygens (including phenoxy) is 2. The van der Waals surface area contributed by atoms with Crippen molar-refractivity contribution in [3.8, 4) is 0 Å². The minimum absolute atomic E-state index is 0.104. The molecule has 0 aromatic rings. The quantitative estimate of drug-likeness (QED) is 0.325. The van der Waals surface area contributed by atoms with Crippen molar-refractivity contribution in [1.82, 2.24) is 0 Å². The van der Waals surface area contributed by atoms with Crippen LogP contribution in [0.5, 0.6) is 0 Å². The molecule has 0 aliphatic heterocycles. The molecule has 2 atom stereocenters. The Morgan fingerprint density at radius 1 is 1.50 bits per heavy atom. The van der Waals surface area contributed by atoms with Crippen LogP contribution < -0.4 is 0 Å². The maximum absolute atomic E-state index is 10.2. The zero-order chi connectivity index (χ0) is 10.8. The zero-order valence-electron chi connectivity index (χ0n) is 9.07. The first kappa shape index (κ1) is 13.3. The Labute approximate surface area is 86.1 Å². The van der Waals surface area contributed by atoms with Crippen LogP contribution in [0.1, 0.15) is 26.2 Å². The van der Waals surface area contributed by atoms with Crippen LogP contribution in [0.3, 0.4) is 0 Å². The summed E-state index contributed by atoms with van der Waals surface area (Å²) < 4.78 is 10.3. The summed E-state index contributed by atoms with van der Waals surface area (Å²) in [5, 5.41) is 0. The Bertz CT molecular complexity index is 157. The summed E-state index contributed by atoms with van der Waals surface area (Å²) in [5.41, 5.74) is 0. The van der Waals surface area contributed by atoms with Crippen LogP contribution in [0.15, 0.2) is 12.7 Å². The van der Waals surface area contributed by atoms with Gasteiger partial charge in [-0.1, -0.05) is 13.0 Å². The predicted molar refractivity (Wildman–Crippen MR) is 56.0 cm³/mol. The fraction of sp³-hybridized carbons (Fsp3) is 0.727. The van der Waals surface area contributed by atoms with E-state index >= 15 is 0 Å². The van der Waals surface area contributed by atoms with Crippen LogP contribution in [-0.2, 0) is 14.3 Å². The van der Waals surface area contributed by atoms with E-state index in [0.717, 1.165) is 19.1 Å². The molecule has 0 heterocycles. The summed E-state index contributed by atoms with van der Waals surface area (Å²) in [5.74, 6) is 0.355. The number of carbonyl (C=O) groups excluding carboxylic acids is 1. The molecule has 0 bridgehead atoms. The minimum atomic E-state index is 0.104. The summed E-state index contributed by atoms with van der Waals surface area (Å²) >= 11 is 0. The van der Waals surface area contributed by atoms with E-state index in [9.17, 15) is 4.79 Å². The molecule has 0 saturated carbocycles. The van der Waals surface area contributed by atoms with Crippen molar-refractivity contribution in [2.45, 2.75) is 32.3 Å². The van der Waals surface area contributed by atoms with Crippen molar-refractivity contribution in [2.24, 2.45) is 5.92 Å². The summed E-state index contributed by atoms with van der Waals surface area (Å²) in [6.07, 6.45) is 5.11. The molecule has 0 aromatic heterocycles. The molecule has 0 fully saturated rings. The molecule has 0 aliphatic rings. The van der Waals surface area contributed by atoms with E-state index in [1.165, 1.54) is 0 Å². The zero-order valence-corrected chi connectivity index (χ0v) is 9.07. The molecular weight excluding hydrogens is 180 g/mol. The van der Waals surface area contributed by atoms with Gasteiger partial charge < -0.3 is 14.3 Å². The third-order valence-corrected chi connectivity index (χ3v) is 2.17. The van der Waals surface area contributed by atoms with E-state index < -0.39 is 0 Å². The van der Waals surface area contributed by atoms with Crippen molar-refractivity contribution < 1.29 is 14.3 Å². The maximum atomic E-state index is 10.2. The van der Waals surface area contributed by atoms with Crippen LogP contribution in [0.4, 0.5) is 0 Å². The van der Waals surface area contributed by atoms with Crippen molar-refractivity contribution in [2.75, 3.05) is 13.9 Å². The number of methoxy groups -OCH3 is 1. The minimum Gasteiger partial charge on any atom is -0.359 e. The van der Waals surface area contributed by atoms with Crippen LogP contribution in [0.25, 0.3) is 0 Å². The van der Waals surface area contributed by atoms with E-state index in [-0.39, 0.29) is 6.10 Å². The monoisotopic (exact) mass is 200 g/mol. The summed E-state index contributed by atoms with van der Waals surface area (Å²) in [6, 6.07) is 0. The second-order valence-electron chi connectivity index (χ2n) is 3.36. The van der Waals surface area contributed by atoms with Gasteiger partial charge in [-0.15, -0.1) is 6.58 Å². The summed E-state index contributed by atoms with van der Waals surface area (Å²) in [4.78, 5) is 10.2. The highest BCUT2D eigenvalue weighted by Gasteiger charge is 2.15. The average Bonchev–Trinajstić information content (AvgIpc) is 2.20. The van der Waals surface area contributed by atoms with Crippen LogP contribution >= 0.6 is 0 Å². The number of carbonyl (C=O) groups is 1. The molecular formula is C11H20O3. The smallest absolute Gasteiger partial charge is 0.146 e. The van der Waals surface area contributed by atoms with E-state index in [0.29, 0.717) is 19.1 Å². The van der Waals surface area contributed by atoms with Gasteiger partial charge in [0.25, 0.3) is 0 Å². The lowest BCUT2D eigenvalue weighted by molar-refractivity contribution is -0.109. The van der Waals surface area contributed by atoms with Gasteiger partial charge in [-0.25, -0.2) is 0 Å². The Morgan fingerprint density at radius 2 is 2.21 bits per heavy atom. The third-order valence-electron chi connectivity index (χ3n) is 2.17. The Morgan fingerprint density at radius 3 is 2.71 bits per heavy atom. The highest BCUT2D eigenvalue weighted by atomic mass is 16.7. The Kier molecular flexibility index (Phi) is 8.48. The first-order valence-corrected chi connectivity index (χ1v) is 4.91. The summed E-state index contributed by atoms with van der Waals surface area (Å²) in [7, 11) is 1.60. The maximum Gasteiger partial charge on any atom is 0.146 e. The molecule has 14 heavy (non-hydrogen) atoms. The molecule has 3 nitrogen and oxygen atoms in total. The average molecular weight is 200 g/mol. The molecule has 82 valence electrons. The normalized spacial score (nSPS) is 14.7. The predicted octanol–water partition coefficient (Wildman–Crippen LogP) is 2.17. The fourth-order valence-corrected chi connectivity index (χ4v) is 1.30. The number of hydrogen-bond donors (Lipinski definition) is 0. The van der Waals surface area contributed by atoms with E-state index in [1.807, 2.05) is 6.08 Å². The first-order chi connectivity index (χ1) is 6.76. The van der Waals surface area contributed by atoms with Gasteiger partial charge in [0.1, 0.15) is 13.1 Å². The molecule has 0 aliphatic carbocycles. The molecule has 0 saturated heterocycles. The van der Waals surface area contributed by atoms with Crippen molar-refractivity contribution in [1.29, 1.82) is 0 Å². The highest BCUT2D eigenvalue weighted by molar-refractivity contribution is 5.49.